The SMILES string of the molecule is CC(C)Oc1ccc(C(=O)CBr)c(OCc2ccccc2)c1. The third kappa shape index (κ3) is 4.60. The van der Waals surface area contributed by atoms with Crippen LogP contribution in [-0.4, -0.2) is 17.2 Å². The lowest BCUT2D eigenvalue weighted by atomic mass is 10.1. The summed E-state index contributed by atoms with van der Waals surface area (Å²) in [5.74, 6) is 1.23. The summed E-state index contributed by atoms with van der Waals surface area (Å²) >= 11 is 3.20. The number of ketones is 1. The average molecular weight is 363 g/mol. The van der Waals surface area contributed by atoms with Crippen LogP contribution in [0.1, 0.15) is 29.8 Å². The van der Waals surface area contributed by atoms with Gasteiger partial charge in [0.15, 0.2) is 5.78 Å². The van der Waals surface area contributed by atoms with E-state index in [2.05, 4.69) is 15.9 Å². The van der Waals surface area contributed by atoms with Gasteiger partial charge in [-0.1, -0.05) is 46.3 Å². The number of alkyl halides is 1. The second-order valence-electron chi connectivity index (χ2n) is 5.16. The fourth-order valence-corrected chi connectivity index (χ4v) is 2.31. The van der Waals surface area contributed by atoms with E-state index in [1.165, 1.54) is 0 Å². The monoisotopic (exact) mass is 362 g/mol. The molecule has 0 bridgehead atoms. The molecule has 0 fully saturated rings. The van der Waals surface area contributed by atoms with Crippen LogP contribution >= 0.6 is 15.9 Å². The van der Waals surface area contributed by atoms with Gasteiger partial charge >= 0.3 is 0 Å². The average Bonchev–Trinajstić information content (AvgIpc) is 2.53. The summed E-state index contributed by atoms with van der Waals surface area (Å²) in [7, 11) is 0. The van der Waals surface area contributed by atoms with Crippen molar-refractivity contribution in [3.63, 3.8) is 0 Å². The Kier molecular flexibility index (Phi) is 6.01. The molecule has 22 heavy (non-hydrogen) atoms. The van der Waals surface area contributed by atoms with Crippen LogP contribution in [-0.2, 0) is 6.61 Å². The molecule has 0 heterocycles. The molecular formula is C18H19BrO3. The molecule has 0 aromatic heterocycles. The lowest BCUT2D eigenvalue weighted by Crippen LogP contribution is -2.08. The fourth-order valence-electron chi connectivity index (χ4n) is 2.01. The van der Waals surface area contributed by atoms with E-state index in [-0.39, 0.29) is 17.2 Å². The summed E-state index contributed by atoms with van der Waals surface area (Å²) in [6, 6.07) is 15.2. The largest absolute Gasteiger partial charge is 0.491 e. The molecule has 116 valence electrons. The molecule has 0 amide bonds. The van der Waals surface area contributed by atoms with Crippen molar-refractivity contribution in [3.05, 3.63) is 59.7 Å². The van der Waals surface area contributed by atoms with Crippen molar-refractivity contribution in [1.29, 1.82) is 0 Å². The normalized spacial score (nSPS) is 10.5. The van der Waals surface area contributed by atoms with Gasteiger partial charge in [-0.25, -0.2) is 0 Å². The molecule has 0 saturated heterocycles. The molecule has 2 aromatic carbocycles. The summed E-state index contributed by atoms with van der Waals surface area (Å²) in [5.41, 5.74) is 1.61. The Hall–Kier alpha value is -1.81. The fraction of sp³-hybridized carbons (Fsp3) is 0.278. The number of halogens is 1. The number of ether oxygens (including phenoxy) is 2. The Morgan fingerprint density at radius 1 is 1.14 bits per heavy atom. The quantitative estimate of drug-likeness (QED) is 0.532. The number of carbonyl (C=O) groups is 1. The maximum Gasteiger partial charge on any atom is 0.177 e. The Bertz CT molecular complexity index is 623. The lowest BCUT2D eigenvalue weighted by molar-refractivity contribution is 0.101. The van der Waals surface area contributed by atoms with Crippen LogP contribution in [0.15, 0.2) is 48.5 Å². The van der Waals surface area contributed by atoms with E-state index in [1.807, 2.05) is 44.2 Å². The van der Waals surface area contributed by atoms with Gasteiger partial charge < -0.3 is 9.47 Å². The first-order chi connectivity index (χ1) is 10.6. The molecule has 0 aliphatic rings. The molecule has 0 N–H and O–H groups in total. The Balaban J connectivity index is 2.22. The molecule has 2 aromatic rings. The highest BCUT2D eigenvalue weighted by Gasteiger charge is 2.13. The Morgan fingerprint density at radius 3 is 2.50 bits per heavy atom. The maximum atomic E-state index is 12.0. The maximum absolute atomic E-state index is 12.0. The molecule has 0 spiro atoms. The number of rotatable bonds is 7. The van der Waals surface area contributed by atoms with Crippen LogP contribution in [0, 0.1) is 0 Å². The zero-order chi connectivity index (χ0) is 15.9. The molecule has 4 heteroatoms. The smallest absolute Gasteiger partial charge is 0.177 e. The molecule has 0 aliphatic heterocycles. The zero-order valence-corrected chi connectivity index (χ0v) is 14.3. The van der Waals surface area contributed by atoms with Gasteiger partial charge in [0.05, 0.1) is 17.0 Å². The van der Waals surface area contributed by atoms with E-state index in [9.17, 15) is 4.79 Å². The topological polar surface area (TPSA) is 35.5 Å². The minimum atomic E-state index is -0.0147. The molecule has 0 atom stereocenters. The van der Waals surface area contributed by atoms with E-state index in [1.54, 1.807) is 18.2 Å². The molecule has 0 unspecified atom stereocenters. The number of carbonyl (C=O) groups excluding carboxylic acids is 1. The third-order valence-electron chi connectivity index (χ3n) is 2.98. The molecular weight excluding hydrogens is 344 g/mol. The van der Waals surface area contributed by atoms with Crippen LogP contribution < -0.4 is 9.47 Å². The highest BCUT2D eigenvalue weighted by atomic mass is 79.9. The van der Waals surface area contributed by atoms with E-state index < -0.39 is 0 Å². The number of benzene rings is 2. The van der Waals surface area contributed by atoms with Crippen LogP contribution in [0.4, 0.5) is 0 Å². The minimum absolute atomic E-state index is 0.0147. The number of Topliss-reactive ketones (excluding diaryl/α,β-unsaturated/α-hetero) is 1. The van der Waals surface area contributed by atoms with E-state index in [0.717, 1.165) is 5.56 Å². The second kappa shape index (κ2) is 7.99. The van der Waals surface area contributed by atoms with Crippen molar-refractivity contribution < 1.29 is 14.3 Å². The van der Waals surface area contributed by atoms with Crippen LogP contribution in [0.25, 0.3) is 0 Å². The van der Waals surface area contributed by atoms with Gasteiger partial charge in [-0.15, -0.1) is 0 Å². The summed E-state index contributed by atoms with van der Waals surface area (Å²) in [6.07, 6.45) is 0.0692. The number of hydrogen-bond donors (Lipinski definition) is 0. The van der Waals surface area contributed by atoms with Crippen LogP contribution in [0.2, 0.25) is 0 Å². The van der Waals surface area contributed by atoms with Gasteiger partial charge in [-0.2, -0.15) is 0 Å². The summed E-state index contributed by atoms with van der Waals surface area (Å²) < 4.78 is 11.5. The lowest BCUT2D eigenvalue weighted by Gasteiger charge is -2.14. The first-order valence-electron chi connectivity index (χ1n) is 7.16. The molecule has 0 aliphatic carbocycles. The first-order valence-corrected chi connectivity index (χ1v) is 8.29. The van der Waals surface area contributed by atoms with Crippen molar-refractivity contribution in [3.8, 4) is 11.5 Å². The van der Waals surface area contributed by atoms with Crippen molar-refractivity contribution >= 4 is 21.7 Å². The van der Waals surface area contributed by atoms with Crippen LogP contribution in [0.3, 0.4) is 0 Å². The summed E-state index contributed by atoms with van der Waals surface area (Å²) in [4.78, 5) is 12.0. The van der Waals surface area contributed by atoms with Crippen molar-refractivity contribution in [2.45, 2.75) is 26.6 Å². The highest BCUT2D eigenvalue weighted by molar-refractivity contribution is 9.09. The molecule has 0 radical (unpaired) electrons. The van der Waals surface area contributed by atoms with Crippen molar-refractivity contribution in [1.82, 2.24) is 0 Å². The second-order valence-corrected chi connectivity index (χ2v) is 5.72. The first kappa shape index (κ1) is 16.6. The van der Waals surface area contributed by atoms with Gasteiger partial charge in [0, 0.05) is 6.07 Å². The summed E-state index contributed by atoms with van der Waals surface area (Å²) in [6.45, 7) is 4.33. The Labute approximate surface area is 139 Å². The zero-order valence-electron chi connectivity index (χ0n) is 12.7. The highest BCUT2D eigenvalue weighted by Crippen LogP contribution is 2.27. The molecule has 2 rings (SSSR count). The Morgan fingerprint density at radius 2 is 1.86 bits per heavy atom. The van der Waals surface area contributed by atoms with E-state index in [4.69, 9.17) is 9.47 Å². The van der Waals surface area contributed by atoms with Gasteiger partial charge in [-0.3, -0.25) is 4.79 Å². The summed E-state index contributed by atoms with van der Waals surface area (Å²) in [5, 5.41) is 0.263. The standard InChI is InChI=1S/C18H19BrO3/c1-13(2)22-15-8-9-16(17(20)11-19)18(10-15)21-12-14-6-4-3-5-7-14/h3-10,13H,11-12H2,1-2H3. The van der Waals surface area contributed by atoms with Gasteiger partial charge in [0.2, 0.25) is 0 Å². The predicted octanol–water partition coefficient (Wildman–Crippen LogP) is 4.63. The van der Waals surface area contributed by atoms with Crippen molar-refractivity contribution in [2.24, 2.45) is 0 Å². The number of hydrogen-bond acceptors (Lipinski definition) is 3. The molecule has 0 saturated carbocycles. The molecule has 3 nitrogen and oxygen atoms in total. The minimum Gasteiger partial charge on any atom is -0.491 e. The predicted molar refractivity (Wildman–Crippen MR) is 91.1 cm³/mol. The third-order valence-corrected chi connectivity index (χ3v) is 3.49. The van der Waals surface area contributed by atoms with E-state index in [0.29, 0.717) is 23.7 Å². The van der Waals surface area contributed by atoms with Crippen molar-refractivity contribution in [2.75, 3.05) is 5.33 Å². The van der Waals surface area contributed by atoms with Gasteiger partial charge in [0.25, 0.3) is 0 Å². The van der Waals surface area contributed by atoms with Crippen LogP contribution in [0.5, 0.6) is 11.5 Å². The van der Waals surface area contributed by atoms with Gasteiger partial charge in [-0.05, 0) is 31.5 Å². The van der Waals surface area contributed by atoms with E-state index >= 15 is 0 Å². The van der Waals surface area contributed by atoms with Gasteiger partial charge in [0.1, 0.15) is 18.1 Å².